The molecule has 0 heterocycles. The van der Waals surface area contributed by atoms with Crippen LogP contribution in [-0.4, -0.2) is 6.04 Å². The molecule has 2 rings (SSSR count). The predicted molar refractivity (Wildman–Crippen MR) is 51.8 cm³/mol. The van der Waals surface area contributed by atoms with E-state index in [0.717, 1.165) is 11.8 Å². The summed E-state index contributed by atoms with van der Waals surface area (Å²) < 4.78 is 0. The van der Waals surface area contributed by atoms with Crippen LogP contribution in [0.15, 0.2) is 0 Å². The highest BCUT2D eigenvalue weighted by Gasteiger charge is 2.52. The standard InChI is InChI=1S/C11H21N/c1-3-6-11(2)9-5-4-8(7-9)10(11)12/h8-10H,3-7,12H2,1-2H3/t8-,9+,10-,11-/m1/s1. The molecule has 70 valence electrons. The molecule has 2 aliphatic carbocycles. The first kappa shape index (κ1) is 8.55. The summed E-state index contributed by atoms with van der Waals surface area (Å²) in [5.41, 5.74) is 6.78. The maximum atomic E-state index is 6.28. The lowest BCUT2D eigenvalue weighted by Gasteiger charge is -2.39. The Balaban J connectivity index is 2.15. The highest BCUT2D eigenvalue weighted by Crippen LogP contribution is 2.56. The van der Waals surface area contributed by atoms with E-state index in [4.69, 9.17) is 5.73 Å². The van der Waals surface area contributed by atoms with Gasteiger partial charge in [-0.05, 0) is 42.9 Å². The molecule has 0 aromatic heterocycles. The molecular weight excluding hydrogens is 146 g/mol. The fourth-order valence-electron chi connectivity index (χ4n) is 3.66. The van der Waals surface area contributed by atoms with Crippen LogP contribution in [0.1, 0.15) is 46.0 Å². The molecule has 4 atom stereocenters. The molecule has 0 spiro atoms. The van der Waals surface area contributed by atoms with E-state index in [-0.39, 0.29) is 0 Å². The average Bonchev–Trinajstić information content (AvgIpc) is 2.57. The molecule has 2 bridgehead atoms. The molecule has 2 N–H and O–H groups in total. The van der Waals surface area contributed by atoms with Crippen molar-refractivity contribution in [3.63, 3.8) is 0 Å². The smallest absolute Gasteiger partial charge is 0.0124 e. The van der Waals surface area contributed by atoms with Crippen molar-refractivity contribution in [2.45, 2.75) is 52.0 Å². The van der Waals surface area contributed by atoms with Gasteiger partial charge in [-0.3, -0.25) is 0 Å². The molecule has 2 fully saturated rings. The summed E-state index contributed by atoms with van der Waals surface area (Å²) in [6.07, 6.45) is 6.93. The summed E-state index contributed by atoms with van der Waals surface area (Å²) in [5, 5.41) is 0. The van der Waals surface area contributed by atoms with Crippen molar-refractivity contribution >= 4 is 0 Å². The summed E-state index contributed by atoms with van der Waals surface area (Å²) in [6.45, 7) is 4.70. The van der Waals surface area contributed by atoms with Gasteiger partial charge in [0.15, 0.2) is 0 Å². The maximum absolute atomic E-state index is 6.28. The van der Waals surface area contributed by atoms with E-state index < -0.39 is 0 Å². The van der Waals surface area contributed by atoms with Crippen molar-refractivity contribution in [2.24, 2.45) is 23.0 Å². The molecule has 1 nitrogen and oxygen atoms in total. The van der Waals surface area contributed by atoms with Crippen molar-refractivity contribution in [3.8, 4) is 0 Å². The van der Waals surface area contributed by atoms with Crippen LogP contribution in [-0.2, 0) is 0 Å². The monoisotopic (exact) mass is 167 g/mol. The topological polar surface area (TPSA) is 26.0 Å². The van der Waals surface area contributed by atoms with Gasteiger partial charge in [-0.1, -0.05) is 20.3 Å². The lowest BCUT2D eigenvalue weighted by molar-refractivity contribution is 0.141. The minimum Gasteiger partial charge on any atom is -0.327 e. The van der Waals surface area contributed by atoms with Gasteiger partial charge in [0, 0.05) is 6.04 Å². The van der Waals surface area contributed by atoms with Crippen LogP contribution in [0.3, 0.4) is 0 Å². The Morgan fingerprint density at radius 3 is 2.67 bits per heavy atom. The van der Waals surface area contributed by atoms with E-state index in [9.17, 15) is 0 Å². The van der Waals surface area contributed by atoms with Crippen LogP contribution in [0.5, 0.6) is 0 Å². The fraction of sp³-hybridized carbons (Fsp3) is 1.00. The Kier molecular flexibility index (Phi) is 1.95. The van der Waals surface area contributed by atoms with E-state index >= 15 is 0 Å². The van der Waals surface area contributed by atoms with Crippen molar-refractivity contribution in [1.82, 2.24) is 0 Å². The quantitative estimate of drug-likeness (QED) is 0.672. The molecular formula is C11H21N. The minimum atomic E-state index is 0.498. The second-order valence-electron chi connectivity index (χ2n) is 5.05. The maximum Gasteiger partial charge on any atom is 0.0124 e. The molecule has 0 aromatic carbocycles. The van der Waals surface area contributed by atoms with Crippen LogP contribution in [0.2, 0.25) is 0 Å². The average molecular weight is 167 g/mol. The zero-order valence-corrected chi connectivity index (χ0v) is 8.34. The van der Waals surface area contributed by atoms with Gasteiger partial charge in [0.25, 0.3) is 0 Å². The van der Waals surface area contributed by atoms with E-state index in [1.807, 2.05) is 0 Å². The van der Waals surface area contributed by atoms with Gasteiger partial charge >= 0.3 is 0 Å². The summed E-state index contributed by atoms with van der Waals surface area (Å²) in [4.78, 5) is 0. The van der Waals surface area contributed by atoms with Crippen molar-refractivity contribution < 1.29 is 0 Å². The van der Waals surface area contributed by atoms with Gasteiger partial charge in [-0.15, -0.1) is 0 Å². The third kappa shape index (κ3) is 0.953. The predicted octanol–water partition coefficient (Wildman–Crippen LogP) is 2.55. The molecule has 0 amide bonds. The molecule has 0 unspecified atom stereocenters. The van der Waals surface area contributed by atoms with Crippen molar-refractivity contribution in [3.05, 3.63) is 0 Å². The first-order valence-corrected chi connectivity index (χ1v) is 5.44. The van der Waals surface area contributed by atoms with E-state index in [0.29, 0.717) is 11.5 Å². The molecule has 0 aliphatic heterocycles. The molecule has 12 heavy (non-hydrogen) atoms. The number of fused-ring (bicyclic) bond motifs is 2. The second kappa shape index (κ2) is 2.73. The Bertz CT molecular complexity index is 174. The van der Waals surface area contributed by atoms with E-state index in [1.165, 1.54) is 32.1 Å². The van der Waals surface area contributed by atoms with Crippen LogP contribution in [0, 0.1) is 17.3 Å². The summed E-state index contributed by atoms with van der Waals surface area (Å²) in [5.74, 6) is 1.82. The van der Waals surface area contributed by atoms with Crippen LogP contribution < -0.4 is 5.73 Å². The third-order valence-corrected chi connectivity index (χ3v) is 4.46. The Morgan fingerprint density at radius 1 is 1.42 bits per heavy atom. The van der Waals surface area contributed by atoms with Crippen molar-refractivity contribution in [1.29, 1.82) is 0 Å². The summed E-state index contributed by atoms with van der Waals surface area (Å²) in [6, 6.07) is 0.510. The van der Waals surface area contributed by atoms with Gasteiger partial charge in [0.05, 0.1) is 0 Å². The summed E-state index contributed by atoms with van der Waals surface area (Å²) in [7, 11) is 0. The Labute approximate surface area is 75.7 Å². The minimum absolute atomic E-state index is 0.498. The zero-order chi connectivity index (χ0) is 8.77. The SMILES string of the molecule is CCC[C@]1(C)[C@H]2CC[C@H](C2)[C@H]1N. The van der Waals surface area contributed by atoms with Gasteiger partial charge < -0.3 is 5.73 Å². The van der Waals surface area contributed by atoms with Crippen molar-refractivity contribution in [2.75, 3.05) is 0 Å². The number of rotatable bonds is 2. The third-order valence-electron chi connectivity index (χ3n) is 4.46. The number of hydrogen-bond donors (Lipinski definition) is 1. The molecule has 0 aromatic rings. The van der Waals surface area contributed by atoms with Crippen LogP contribution in [0.4, 0.5) is 0 Å². The lowest BCUT2D eigenvalue weighted by Crippen LogP contribution is -2.44. The van der Waals surface area contributed by atoms with Gasteiger partial charge in [0.1, 0.15) is 0 Å². The number of nitrogens with two attached hydrogens (primary N) is 1. The molecule has 0 radical (unpaired) electrons. The van der Waals surface area contributed by atoms with Gasteiger partial charge in [-0.2, -0.15) is 0 Å². The first-order valence-electron chi connectivity index (χ1n) is 5.44. The number of hydrogen-bond acceptors (Lipinski definition) is 1. The van der Waals surface area contributed by atoms with Gasteiger partial charge in [-0.25, -0.2) is 0 Å². The van der Waals surface area contributed by atoms with Gasteiger partial charge in [0.2, 0.25) is 0 Å². The van der Waals surface area contributed by atoms with Crippen LogP contribution >= 0.6 is 0 Å². The van der Waals surface area contributed by atoms with E-state index in [2.05, 4.69) is 13.8 Å². The molecule has 2 saturated carbocycles. The largest absolute Gasteiger partial charge is 0.327 e. The second-order valence-corrected chi connectivity index (χ2v) is 5.05. The Hall–Kier alpha value is -0.0400. The highest BCUT2D eigenvalue weighted by atomic mass is 14.8. The lowest BCUT2D eigenvalue weighted by atomic mass is 9.69. The Morgan fingerprint density at radius 2 is 2.17 bits per heavy atom. The first-order chi connectivity index (χ1) is 5.68. The summed E-state index contributed by atoms with van der Waals surface area (Å²) >= 11 is 0. The van der Waals surface area contributed by atoms with Crippen LogP contribution in [0.25, 0.3) is 0 Å². The molecule has 2 aliphatic rings. The fourth-order valence-corrected chi connectivity index (χ4v) is 3.66. The normalized spacial score (nSPS) is 51.8. The highest BCUT2D eigenvalue weighted by molar-refractivity contribution is 5.05. The zero-order valence-electron chi connectivity index (χ0n) is 8.34. The van der Waals surface area contributed by atoms with E-state index in [1.54, 1.807) is 0 Å². The molecule has 0 saturated heterocycles. The molecule has 1 heteroatoms.